The standard InChI is InChI=1S/C56H80N4O19/c1-27-15-16-41-38(13-12-14-40(68)19-27)21-43-29(3)56(18-17-42(41)43)30(4)47-44(79-56)20-28(2)22-59(47)23-39-24-60(58-57-39)54-52(74-36(10)66)50(72-34(8)64)49(45(76-54)25-69-31(5)61)78-55-53(75-37(11)67)51(73-35(9)65)48(71-33(7)63)46(77-55)26-70-32(6)62/h15,24,28,30,38,40-42,44-55,68H,12-14,16-23,25-26H2,1-11H3. The fourth-order valence-electron chi connectivity index (χ4n) is 14.1. The van der Waals surface area contributed by atoms with Gasteiger partial charge >= 0.3 is 41.8 Å². The average molecular weight is 1110 g/mol. The molecule has 438 valence electrons. The molecule has 8 rings (SSSR count). The van der Waals surface area contributed by atoms with E-state index < -0.39 is 122 Å². The van der Waals surface area contributed by atoms with Crippen molar-refractivity contribution in [2.75, 3.05) is 19.8 Å². The van der Waals surface area contributed by atoms with Crippen LogP contribution >= 0.6 is 0 Å². The van der Waals surface area contributed by atoms with E-state index in [1.54, 1.807) is 11.8 Å². The third kappa shape index (κ3) is 13.5. The molecule has 19 unspecified atom stereocenters. The zero-order valence-electron chi connectivity index (χ0n) is 47.3. The van der Waals surface area contributed by atoms with Crippen LogP contribution in [0.15, 0.2) is 29.0 Å². The molecule has 3 aliphatic carbocycles. The summed E-state index contributed by atoms with van der Waals surface area (Å²) in [7, 11) is 0. The Balaban J connectivity index is 1.08. The fraction of sp³-hybridized carbons (Fsp3) is 0.768. The molecule has 1 saturated carbocycles. The van der Waals surface area contributed by atoms with Crippen LogP contribution in [0.4, 0.5) is 0 Å². The summed E-state index contributed by atoms with van der Waals surface area (Å²) in [5.41, 5.74) is 4.37. The lowest BCUT2D eigenvalue weighted by Crippen LogP contribution is -2.66. The molecule has 4 saturated heterocycles. The van der Waals surface area contributed by atoms with Crippen molar-refractivity contribution in [1.29, 1.82) is 0 Å². The monoisotopic (exact) mass is 1110 g/mol. The number of hydrogen-bond acceptors (Lipinski definition) is 22. The lowest BCUT2D eigenvalue weighted by molar-refractivity contribution is -0.349. The van der Waals surface area contributed by atoms with E-state index in [1.807, 2.05) is 0 Å². The van der Waals surface area contributed by atoms with Gasteiger partial charge in [-0.15, -0.1) is 5.10 Å². The van der Waals surface area contributed by atoms with Gasteiger partial charge < -0.3 is 57.2 Å². The molecule has 0 aromatic carbocycles. The summed E-state index contributed by atoms with van der Waals surface area (Å²) >= 11 is 0. The van der Waals surface area contributed by atoms with Crippen molar-refractivity contribution in [1.82, 2.24) is 19.9 Å². The quantitative estimate of drug-likeness (QED) is 0.150. The summed E-state index contributed by atoms with van der Waals surface area (Å²) in [6.45, 7) is 16.8. The molecule has 19 atom stereocenters. The lowest BCUT2D eigenvalue weighted by Gasteiger charge is -2.48. The average Bonchev–Trinajstić information content (AvgIpc) is 3.79. The zero-order chi connectivity index (χ0) is 57.2. The maximum absolute atomic E-state index is 13.1. The second-order valence-corrected chi connectivity index (χ2v) is 23.0. The van der Waals surface area contributed by atoms with Crippen LogP contribution in [-0.2, 0) is 92.2 Å². The van der Waals surface area contributed by atoms with Crippen LogP contribution in [0, 0.1) is 29.6 Å². The van der Waals surface area contributed by atoms with Gasteiger partial charge in [-0.3, -0.25) is 38.5 Å². The number of likely N-dealkylation sites (tertiary alicyclic amines) is 1. The van der Waals surface area contributed by atoms with Crippen molar-refractivity contribution in [3.05, 3.63) is 34.7 Å². The summed E-state index contributed by atoms with van der Waals surface area (Å²) in [6, 6.07) is 0.0536. The molecule has 1 spiro atoms. The first-order valence-corrected chi connectivity index (χ1v) is 27.9. The number of piperidine rings is 1. The number of esters is 7. The molecule has 79 heavy (non-hydrogen) atoms. The summed E-state index contributed by atoms with van der Waals surface area (Å²) in [5, 5.41) is 19.8. The summed E-state index contributed by atoms with van der Waals surface area (Å²) in [6.07, 6.45) is -3.27. The third-order valence-corrected chi connectivity index (χ3v) is 17.1. The van der Waals surface area contributed by atoms with Crippen molar-refractivity contribution in [2.45, 2.75) is 226 Å². The Morgan fingerprint density at radius 2 is 1.32 bits per heavy atom. The molecule has 7 aliphatic rings. The molecule has 4 aliphatic heterocycles. The smallest absolute Gasteiger partial charge is 0.303 e. The van der Waals surface area contributed by atoms with E-state index in [9.17, 15) is 38.7 Å². The summed E-state index contributed by atoms with van der Waals surface area (Å²) in [5.74, 6) is -3.70. The van der Waals surface area contributed by atoms with Gasteiger partial charge in [0, 0.05) is 73.5 Å². The molecule has 0 amide bonds. The van der Waals surface area contributed by atoms with Gasteiger partial charge in [-0.2, -0.15) is 0 Å². The second-order valence-electron chi connectivity index (χ2n) is 23.0. The SMILES string of the molecule is CC(=O)OCC1OC(OC2C(COC(C)=O)OC(n3cc(CN4CC(C)CC5OC6(CCC7C(=C6C)CC6CCCC(O)CC(C)=CCC67)C(C)C54)nn3)C(OC(C)=O)C2OC(C)=O)C(OC(C)=O)C(OC(C)=O)C1OC(C)=O. The van der Waals surface area contributed by atoms with E-state index in [1.165, 1.54) is 15.8 Å². The van der Waals surface area contributed by atoms with Crippen LogP contribution in [0.25, 0.3) is 0 Å². The van der Waals surface area contributed by atoms with Gasteiger partial charge in [-0.25, -0.2) is 4.68 Å². The first kappa shape index (κ1) is 59.8. The van der Waals surface area contributed by atoms with Gasteiger partial charge in [-0.05, 0) is 94.5 Å². The van der Waals surface area contributed by atoms with Crippen LogP contribution in [0.3, 0.4) is 0 Å². The molecule has 23 nitrogen and oxygen atoms in total. The van der Waals surface area contributed by atoms with Gasteiger partial charge in [0.1, 0.15) is 31.5 Å². The Morgan fingerprint density at radius 3 is 1.95 bits per heavy atom. The van der Waals surface area contributed by atoms with Crippen LogP contribution in [0.1, 0.15) is 146 Å². The molecule has 1 aromatic rings. The number of ether oxygens (including phenoxy) is 11. The predicted octanol–water partition coefficient (Wildman–Crippen LogP) is 4.69. The zero-order valence-corrected chi connectivity index (χ0v) is 47.3. The van der Waals surface area contributed by atoms with Crippen molar-refractivity contribution in [3.8, 4) is 0 Å². The van der Waals surface area contributed by atoms with Crippen LogP contribution < -0.4 is 0 Å². The highest BCUT2D eigenvalue weighted by Gasteiger charge is 2.61. The topological polar surface area (TPSA) is 275 Å². The second kappa shape index (κ2) is 25.2. The van der Waals surface area contributed by atoms with E-state index in [2.05, 4.69) is 49.0 Å². The predicted molar refractivity (Wildman–Crippen MR) is 273 cm³/mol. The first-order chi connectivity index (χ1) is 37.4. The van der Waals surface area contributed by atoms with E-state index >= 15 is 0 Å². The molecule has 0 radical (unpaired) electrons. The molecule has 5 heterocycles. The summed E-state index contributed by atoms with van der Waals surface area (Å²) < 4.78 is 67.5. The molecular formula is C56H80N4O19. The normalized spacial score (nSPS) is 37.5. The molecule has 5 fully saturated rings. The highest BCUT2D eigenvalue weighted by Crippen LogP contribution is 2.59. The Hall–Kier alpha value is -5.33. The van der Waals surface area contributed by atoms with Crippen LogP contribution in [0.5, 0.6) is 0 Å². The van der Waals surface area contributed by atoms with Gasteiger partial charge in [0.2, 0.25) is 0 Å². The number of hydrogen-bond donors (Lipinski definition) is 1. The highest BCUT2D eigenvalue weighted by molar-refractivity contribution is 5.69. The van der Waals surface area contributed by atoms with Gasteiger partial charge in [0.15, 0.2) is 43.0 Å². The number of carbonyl (C=O) groups excluding carboxylic acids is 7. The molecule has 23 heteroatoms. The number of rotatable bonds is 14. The first-order valence-electron chi connectivity index (χ1n) is 27.9. The Kier molecular flexibility index (Phi) is 19.1. The number of fused-ring (bicyclic) bond motifs is 4. The van der Waals surface area contributed by atoms with Crippen molar-refractivity contribution in [3.63, 3.8) is 0 Å². The number of allylic oxidation sites excluding steroid dienone is 2. The van der Waals surface area contributed by atoms with Crippen molar-refractivity contribution in [2.24, 2.45) is 29.6 Å². The van der Waals surface area contributed by atoms with E-state index in [0.29, 0.717) is 35.9 Å². The van der Waals surface area contributed by atoms with E-state index in [0.717, 1.165) is 113 Å². The maximum atomic E-state index is 13.1. The van der Waals surface area contributed by atoms with E-state index in [4.69, 9.17) is 52.1 Å². The number of carbonyl (C=O) groups is 7. The Morgan fingerprint density at radius 1 is 0.722 bits per heavy atom. The summed E-state index contributed by atoms with van der Waals surface area (Å²) in [4.78, 5) is 91.1. The molecule has 1 aromatic heterocycles. The maximum Gasteiger partial charge on any atom is 0.303 e. The third-order valence-electron chi connectivity index (χ3n) is 17.1. The van der Waals surface area contributed by atoms with Gasteiger partial charge in [-0.1, -0.05) is 42.7 Å². The molecular weight excluding hydrogens is 1030 g/mol. The Bertz CT molecular complexity index is 2500. The van der Waals surface area contributed by atoms with E-state index in [-0.39, 0.29) is 24.2 Å². The largest absolute Gasteiger partial charge is 0.463 e. The Labute approximate surface area is 460 Å². The van der Waals surface area contributed by atoms with Crippen LogP contribution in [-0.4, -0.2) is 166 Å². The van der Waals surface area contributed by atoms with Crippen molar-refractivity contribution >= 4 is 41.8 Å². The van der Waals surface area contributed by atoms with Gasteiger partial charge in [0.05, 0.1) is 29.7 Å². The number of aliphatic hydroxyl groups excluding tert-OH is 1. The molecule has 0 bridgehead atoms. The van der Waals surface area contributed by atoms with Crippen LogP contribution in [0.2, 0.25) is 0 Å². The highest BCUT2D eigenvalue weighted by atomic mass is 16.8. The van der Waals surface area contributed by atoms with Crippen molar-refractivity contribution < 1.29 is 90.8 Å². The minimum absolute atomic E-state index is 0.0315. The number of nitrogens with zero attached hydrogens (tertiary/aromatic N) is 4. The minimum atomic E-state index is -1.82. The number of aliphatic hydroxyl groups is 1. The fourth-order valence-corrected chi connectivity index (χ4v) is 14.1. The number of aromatic nitrogens is 3. The molecule has 1 N–H and O–H groups in total. The lowest BCUT2D eigenvalue weighted by atomic mass is 9.67. The van der Waals surface area contributed by atoms with Gasteiger partial charge in [0.25, 0.3) is 0 Å². The minimum Gasteiger partial charge on any atom is -0.463 e.